The third-order valence-electron chi connectivity index (χ3n) is 2.75. The van der Waals surface area contributed by atoms with Crippen LogP contribution in [0, 0.1) is 25.5 Å². The van der Waals surface area contributed by atoms with Gasteiger partial charge in [-0.2, -0.15) is 0 Å². The van der Waals surface area contributed by atoms with E-state index >= 15 is 0 Å². The minimum Gasteiger partial charge on any atom is -0.383 e. The van der Waals surface area contributed by atoms with Gasteiger partial charge in [-0.1, -0.05) is 0 Å². The Labute approximate surface area is 109 Å². The van der Waals surface area contributed by atoms with Crippen LogP contribution >= 0.6 is 0 Å². The zero-order valence-electron chi connectivity index (χ0n) is 10.7. The summed E-state index contributed by atoms with van der Waals surface area (Å²) in [6.45, 7) is 3.60. The number of rotatable bonds is 3. The third kappa shape index (κ3) is 2.96. The van der Waals surface area contributed by atoms with Gasteiger partial charge in [0.2, 0.25) is 0 Å². The minimum atomic E-state index is -0.478. The van der Waals surface area contributed by atoms with E-state index in [-0.39, 0.29) is 12.1 Å². The number of benzene rings is 1. The summed E-state index contributed by atoms with van der Waals surface area (Å²) in [6, 6.07) is 3.32. The molecule has 1 aromatic carbocycles. The van der Waals surface area contributed by atoms with Crippen molar-refractivity contribution in [3.63, 3.8) is 0 Å². The highest BCUT2D eigenvalue weighted by Gasteiger charge is 2.08. The molecular weight excluding hydrogens is 250 g/mol. The molecule has 0 bridgehead atoms. The first-order valence-corrected chi connectivity index (χ1v) is 5.76. The van der Waals surface area contributed by atoms with E-state index in [2.05, 4.69) is 15.3 Å². The summed E-state index contributed by atoms with van der Waals surface area (Å²) in [7, 11) is 0. The van der Waals surface area contributed by atoms with Crippen molar-refractivity contribution in [3.8, 4) is 0 Å². The molecule has 0 aliphatic rings. The Hall–Kier alpha value is -2.24. The maximum absolute atomic E-state index is 13.5. The smallest absolute Gasteiger partial charge is 0.135 e. The van der Waals surface area contributed by atoms with Crippen LogP contribution in [0.4, 0.5) is 20.4 Å². The first kappa shape index (κ1) is 13.2. The first-order valence-electron chi connectivity index (χ1n) is 5.76. The Morgan fingerprint density at radius 1 is 1.21 bits per heavy atom. The molecule has 0 spiro atoms. The summed E-state index contributed by atoms with van der Waals surface area (Å²) in [5, 5.41) is 2.94. The lowest BCUT2D eigenvalue weighted by atomic mass is 10.2. The van der Waals surface area contributed by atoms with Gasteiger partial charge in [0.05, 0.1) is 0 Å². The molecule has 1 heterocycles. The number of nitrogens with one attached hydrogen (secondary N) is 1. The van der Waals surface area contributed by atoms with Crippen LogP contribution in [0.2, 0.25) is 0 Å². The Kier molecular flexibility index (Phi) is 3.59. The minimum absolute atomic E-state index is 0.125. The molecule has 0 unspecified atom stereocenters. The lowest BCUT2D eigenvalue weighted by Gasteiger charge is -2.11. The molecule has 6 heteroatoms. The summed E-state index contributed by atoms with van der Waals surface area (Å²) in [5.41, 5.74) is 6.63. The summed E-state index contributed by atoms with van der Waals surface area (Å²) < 4.78 is 26.5. The number of nitrogens with two attached hydrogens (primary N) is 1. The highest BCUT2D eigenvalue weighted by Crippen LogP contribution is 2.18. The van der Waals surface area contributed by atoms with Crippen molar-refractivity contribution in [2.75, 3.05) is 11.1 Å². The topological polar surface area (TPSA) is 63.8 Å². The molecular formula is C13H14F2N4. The van der Waals surface area contributed by atoms with Gasteiger partial charge in [-0.3, -0.25) is 0 Å². The zero-order chi connectivity index (χ0) is 14.0. The van der Waals surface area contributed by atoms with E-state index in [1.807, 2.05) is 0 Å². The number of aryl methyl sites for hydroxylation is 1. The van der Waals surface area contributed by atoms with Crippen molar-refractivity contribution in [1.29, 1.82) is 0 Å². The highest BCUT2D eigenvalue weighted by molar-refractivity contribution is 5.54. The van der Waals surface area contributed by atoms with Gasteiger partial charge in [0.1, 0.15) is 29.1 Å². The van der Waals surface area contributed by atoms with Crippen molar-refractivity contribution in [1.82, 2.24) is 9.97 Å². The van der Waals surface area contributed by atoms with Crippen molar-refractivity contribution in [3.05, 3.63) is 46.8 Å². The molecule has 0 saturated carbocycles. The van der Waals surface area contributed by atoms with E-state index in [9.17, 15) is 8.78 Å². The van der Waals surface area contributed by atoms with E-state index in [0.717, 1.165) is 18.2 Å². The van der Waals surface area contributed by atoms with Gasteiger partial charge < -0.3 is 11.1 Å². The Balaban J connectivity index is 2.21. The maximum atomic E-state index is 13.5. The quantitative estimate of drug-likeness (QED) is 0.894. The van der Waals surface area contributed by atoms with E-state index in [4.69, 9.17) is 5.73 Å². The number of hydrogen-bond donors (Lipinski definition) is 2. The van der Waals surface area contributed by atoms with Crippen LogP contribution in [-0.2, 0) is 6.54 Å². The van der Waals surface area contributed by atoms with Crippen molar-refractivity contribution < 1.29 is 8.78 Å². The molecule has 0 amide bonds. The molecule has 0 radical (unpaired) electrons. The van der Waals surface area contributed by atoms with Crippen LogP contribution in [0.3, 0.4) is 0 Å². The normalized spacial score (nSPS) is 10.5. The monoisotopic (exact) mass is 264 g/mol. The molecule has 0 fully saturated rings. The average Bonchev–Trinajstić information content (AvgIpc) is 2.35. The molecule has 2 rings (SSSR count). The molecule has 0 atom stereocenters. The maximum Gasteiger partial charge on any atom is 0.135 e. The van der Waals surface area contributed by atoms with E-state index in [1.54, 1.807) is 13.8 Å². The van der Waals surface area contributed by atoms with Gasteiger partial charge >= 0.3 is 0 Å². The molecule has 4 nitrogen and oxygen atoms in total. The molecule has 0 aliphatic heterocycles. The van der Waals surface area contributed by atoms with E-state index in [0.29, 0.717) is 23.0 Å². The fourth-order valence-electron chi connectivity index (χ4n) is 1.68. The number of hydrogen-bond acceptors (Lipinski definition) is 4. The summed E-state index contributed by atoms with van der Waals surface area (Å²) >= 11 is 0. The molecule has 19 heavy (non-hydrogen) atoms. The van der Waals surface area contributed by atoms with Crippen LogP contribution in [0.15, 0.2) is 18.2 Å². The third-order valence-corrected chi connectivity index (χ3v) is 2.75. The predicted molar refractivity (Wildman–Crippen MR) is 69.6 cm³/mol. The van der Waals surface area contributed by atoms with Gasteiger partial charge in [-0.05, 0) is 32.0 Å². The van der Waals surface area contributed by atoms with Crippen molar-refractivity contribution >= 4 is 11.6 Å². The van der Waals surface area contributed by atoms with Gasteiger partial charge in [0, 0.05) is 17.7 Å². The number of aromatic nitrogens is 2. The molecule has 0 aliphatic carbocycles. The second-order valence-corrected chi connectivity index (χ2v) is 4.22. The fraction of sp³-hybridized carbons (Fsp3) is 0.231. The second kappa shape index (κ2) is 5.17. The number of nitrogen functional groups attached to an aromatic ring is 1. The van der Waals surface area contributed by atoms with Gasteiger partial charge in [0.25, 0.3) is 0 Å². The Morgan fingerprint density at radius 3 is 2.68 bits per heavy atom. The van der Waals surface area contributed by atoms with Gasteiger partial charge in [-0.25, -0.2) is 18.7 Å². The van der Waals surface area contributed by atoms with Crippen LogP contribution in [0.25, 0.3) is 0 Å². The zero-order valence-corrected chi connectivity index (χ0v) is 10.7. The van der Waals surface area contributed by atoms with Crippen molar-refractivity contribution in [2.24, 2.45) is 0 Å². The van der Waals surface area contributed by atoms with Crippen LogP contribution in [-0.4, -0.2) is 9.97 Å². The molecule has 2 aromatic rings. The van der Waals surface area contributed by atoms with Gasteiger partial charge in [0.15, 0.2) is 0 Å². The van der Waals surface area contributed by atoms with E-state index in [1.165, 1.54) is 0 Å². The Morgan fingerprint density at radius 2 is 1.95 bits per heavy atom. The first-order chi connectivity index (χ1) is 8.97. The van der Waals surface area contributed by atoms with E-state index < -0.39 is 11.6 Å². The van der Waals surface area contributed by atoms with Crippen LogP contribution in [0.1, 0.15) is 17.0 Å². The standard InChI is InChI=1S/C13H14F2N4/c1-7-12(16)18-8(2)19-13(7)17-6-9-5-10(14)3-4-11(9)15/h3-5H,6H2,1-2H3,(H3,16,17,18,19). The summed E-state index contributed by atoms with van der Waals surface area (Å²) in [6.07, 6.45) is 0. The highest BCUT2D eigenvalue weighted by atomic mass is 19.1. The lowest BCUT2D eigenvalue weighted by molar-refractivity contribution is 0.587. The SMILES string of the molecule is Cc1nc(N)c(C)c(NCc2cc(F)ccc2F)n1. The van der Waals surface area contributed by atoms with Gasteiger partial charge in [-0.15, -0.1) is 0 Å². The van der Waals surface area contributed by atoms with Crippen molar-refractivity contribution in [2.45, 2.75) is 20.4 Å². The second-order valence-electron chi connectivity index (χ2n) is 4.22. The molecule has 100 valence electrons. The lowest BCUT2D eigenvalue weighted by Crippen LogP contribution is -2.09. The molecule has 1 aromatic heterocycles. The van der Waals surface area contributed by atoms with Crippen LogP contribution < -0.4 is 11.1 Å². The number of nitrogens with zero attached hydrogens (tertiary/aromatic N) is 2. The number of anilines is 2. The van der Waals surface area contributed by atoms with Crippen LogP contribution in [0.5, 0.6) is 0 Å². The predicted octanol–water partition coefficient (Wildman–Crippen LogP) is 2.57. The molecule has 0 saturated heterocycles. The largest absolute Gasteiger partial charge is 0.383 e. The Bertz CT molecular complexity index is 614. The average molecular weight is 264 g/mol. The summed E-state index contributed by atoms with van der Waals surface area (Å²) in [4.78, 5) is 8.20. The fourth-order valence-corrected chi connectivity index (χ4v) is 1.68. The molecule has 3 N–H and O–H groups in total. The number of halogens is 2. The summed E-state index contributed by atoms with van der Waals surface area (Å²) in [5.74, 6) is 0.465.